The number of methoxy groups -OCH3 is 1. The van der Waals surface area contributed by atoms with E-state index in [1.54, 1.807) is 36.4 Å². The molecule has 0 saturated carbocycles. The number of ether oxygens (including phenoxy) is 2. The second-order valence-electron chi connectivity index (χ2n) is 8.20. The average Bonchev–Trinajstić information content (AvgIpc) is 3.07. The van der Waals surface area contributed by atoms with Crippen molar-refractivity contribution in [2.45, 2.75) is 20.8 Å². The summed E-state index contributed by atoms with van der Waals surface area (Å²) in [6.45, 7) is 5.73. The Kier molecular flexibility index (Phi) is 7.06. The normalized spacial score (nSPS) is 13.3. The van der Waals surface area contributed by atoms with E-state index in [4.69, 9.17) is 32.7 Å². The van der Waals surface area contributed by atoms with Crippen LogP contribution in [0.5, 0.6) is 11.5 Å². The van der Waals surface area contributed by atoms with Crippen molar-refractivity contribution >= 4 is 52.4 Å². The summed E-state index contributed by atoms with van der Waals surface area (Å²) in [5.74, 6) is -1.07. The number of imide groups is 1. The lowest BCUT2D eigenvalue weighted by molar-refractivity contribution is -0.120. The number of anilines is 2. The number of nitrogens with one attached hydrogen (secondary N) is 1. The van der Waals surface area contributed by atoms with Crippen LogP contribution in [-0.2, 0) is 9.59 Å². The van der Waals surface area contributed by atoms with E-state index in [0.717, 1.165) is 21.6 Å². The number of carbonyl (C=O) groups excluding carboxylic acids is 3. The Labute approximate surface area is 218 Å². The van der Waals surface area contributed by atoms with Crippen molar-refractivity contribution in [3.63, 3.8) is 0 Å². The predicted octanol–water partition coefficient (Wildman–Crippen LogP) is 5.93. The van der Waals surface area contributed by atoms with Crippen LogP contribution in [0, 0.1) is 20.8 Å². The second kappa shape index (κ2) is 10.0. The minimum atomic E-state index is -0.714. The molecule has 36 heavy (non-hydrogen) atoms. The van der Waals surface area contributed by atoms with Crippen LogP contribution in [0.3, 0.4) is 0 Å². The first-order valence-corrected chi connectivity index (χ1v) is 11.7. The molecule has 0 aromatic heterocycles. The second-order valence-corrected chi connectivity index (χ2v) is 9.01. The summed E-state index contributed by atoms with van der Waals surface area (Å²) in [6.07, 6.45) is 0. The Morgan fingerprint density at radius 2 is 1.56 bits per heavy atom. The van der Waals surface area contributed by atoms with E-state index in [1.165, 1.54) is 13.2 Å². The van der Waals surface area contributed by atoms with E-state index in [-0.39, 0.29) is 22.2 Å². The highest BCUT2D eigenvalue weighted by Gasteiger charge is 2.40. The summed E-state index contributed by atoms with van der Waals surface area (Å²) in [7, 11) is 1.42. The zero-order valence-corrected chi connectivity index (χ0v) is 21.5. The fraction of sp³-hybridized carbons (Fsp3) is 0.148. The van der Waals surface area contributed by atoms with E-state index in [1.807, 2.05) is 32.9 Å². The van der Waals surface area contributed by atoms with E-state index in [0.29, 0.717) is 22.0 Å². The number of aryl methyl sites for hydroxylation is 2. The molecule has 3 aromatic rings. The predicted molar refractivity (Wildman–Crippen MR) is 139 cm³/mol. The summed E-state index contributed by atoms with van der Waals surface area (Å²) < 4.78 is 10.9. The third-order valence-corrected chi connectivity index (χ3v) is 6.45. The Bertz CT molecular complexity index is 1430. The smallest absolute Gasteiger partial charge is 0.343 e. The topological polar surface area (TPSA) is 84.9 Å². The molecule has 0 spiro atoms. The van der Waals surface area contributed by atoms with E-state index in [9.17, 15) is 14.4 Å². The van der Waals surface area contributed by atoms with E-state index in [2.05, 4.69) is 5.32 Å². The van der Waals surface area contributed by atoms with Crippen molar-refractivity contribution < 1.29 is 23.9 Å². The van der Waals surface area contributed by atoms with Gasteiger partial charge in [0.25, 0.3) is 11.8 Å². The fourth-order valence-electron chi connectivity index (χ4n) is 3.74. The number of hydrogen-bond acceptors (Lipinski definition) is 6. The Hall–Kier alpha value is -3.81. The van der Waals surface area contributed by atoms with Gasteiger partial charge in [0, 0.05) is 10.7 Å². The van der Waals surface area contributed by atoms with Gasteiger partial charge in [0.05, 0.1) is 18.4 Å². The number of esters is 1. The summed E-state index contributed by atoms with van der Waals surface area (Å²) in [5, 5.41) is 2.91. The molecule has 9 heteroatoms. The van der Waals surface area contributed by atoms with Crippen LogP contribution in [0.4, 0.5) is 11.4 Å². The van der Waals surface area contributed by atoms with Crippen LogP contribution < -0.4 is 19.7 Å². The van der Waals surface area contributed by atoms with Crippen LogP contribution in [0.25, 0.3) is 0 Å². The molecule has 1 aliphatic rings. The van der Waals surface area contributed by atoms with Crippen molar-refractivity contribution in [1.82, 2.24) is 0 Å². The van der Waals surface area contributed by atoms with Gasteiger partial charge in [-0.1, -0.05) is 35.3 Å². The third-order valence-electron chi connectivity index (χ3n) is 5.87. The lowest BCUT2D eigenvalue weighted by atomic mass is 10.1. The molecule has 0 unspecified atom stereocenters. The molecular weight excluding hydrogens is 503 g/mol. The molecule has 0 radical (unpaired) electrons. The SMILES string of the molecule is COc1ccc(Cl)cc1N1C(=O)C(Cl)=C(Nc2ccc(C(=O)Oc3c(C)ccc(C)c3C)cc2)C1=O. The molecule has 0 atom stereocenters. The van der Waals surface area contributed by atoms with Gasteiger partial charge in [-0.15, -0.1) is 0 Å². The number of amides is 2. The summed E-state index contributed by atoms with van der Waals surface area (Å²) in [4.78, 5) is 39.5. The van der Waals surface area contributed by atoms with Gasteiger partial charge in [0.2, 0.25) is 0 Å². The quantitative estimate of drug-likeness (QED) is 0.244. The van der Waals surface area contributed by atoms with Crippen molar-refractivity contribution in [3.05, 3.63) is 92.6 Å². The van der Waals surface area contributed by atoms with Gasteiger partial charge >= 0.3 is 5.97 Å². The molecule has 3 aromatic carbocycles. The fourth-order valence-corrected chi connectivity index (χ4v) is 4.12. The number of nitrogens with zero attached hydrogens (tertiary/aromatic N) is 1. The Morgan fingerprint density at radius 1 is 0.889 bits per heavy atom. The van der Waals surface area contributed by atoms with Gasteiger partial charge < -0.3 is 14.8 Å². The Morgan fingerprint density at radius 3 is 2.22 bits per heavy atom. The van der Waals surface area contributed by atoms with E-state index < -0.39 is 17.8 Å². The zero-order chi connectivity index (χ0) is 26.1. The highest BCUT2D eigenvalue weighted by atomic mass is 35.5. The van der Waals surface area contributed by atoms with Gasteiger partial charge in [-0.2, -0.15) is 0 Å². The largest absolute Gasteiger partial charge is 0.495 e. The highest BCUT2D eigenvalue weighted by molar-refractivity contribution is 6.53. The summed E-state index contributed by atoms with van der Waals surface area (Å²) >= 11 is 12.3. The molecule has 1 aliphatic heterocycles. The average molecular weight is 525 g/mol. The standard InChI is InChI=1S/C27H22Cl2N2O5/c1-14-5-6-15(2)24(16(14)3)36-27(34)17-7-10-19(11-8-17)30-23-22(29)25(32)31(26(23)33)20-13-18(28)9-12-21(20)35-4/h5-13,30H,1-4H3. The summed E-state index contributed by atoms with van der Waals surface area (Å²) in [6, 6.07) is 14.7. The van der Waals surface area contributed by atoms with Gasteiger partial charge in [0.15, 0.2) is 0 Å². The van der Waals surface area contributed by atoms with Crippen molar-refractivity contribution in [2.75, 3.05) is 17.3 Å². The lowest BCUT2D eigenvalue weighted by Gasteiger charge is -2.18. The molecule has 1 N–H and O–H groups in total. The molecular formula is C27H22Cl2N2O5. The molecule has 0 bridgehead atoms. The van der Waals surface area contributed by atoms with Crippen LogP contribution in [0.15, 0.2) is 65.3 Å². The van der Waals surface area contributed by atoms with Crippen molar-refractivity contribution in [1.29, 1.82) is 0 Å². The van der Waals surface area contributed by atoms with Crippen LogP contribution in [-0.4, -0.2) is 24.9 Å². The first-order valence-electron chi connectivity index (χ1n) is 10.9. The van der Waals surface area contributed by atoms with Crippen LogP contribution in [0.2, 0.25) is 5.02 Å². The van der Waals surface area contributed by atoms with E-state index >= 15 is 0 Å². The number of hydrogen-bond donors (Lipinski definition) is 1. The monoisotopic (exact) mass is 524 g/mol. The van der Waals surface area contributed by atoms with Crippen LogP contribution >= 0.6 is 23.2 Å². The zero-order valence-electron chi connectivity index (χ0n) is 19.9. The van der Waals surface area contributed by atoms with Gasteiger partial charge in [-0.25, -0.2) is 9.69 Å². The van der Waals surface area contributed by atoms with Crippen LogP contribution in [0.1, 0.15) is 27.0 Å². The maximum atomic E-state index is 13.1. The van der Waals surface area contributed by atoms with Gasteiger partial charge in [-0.3, -0.25) is 9.59 Å². The molecule has 0 aliphatic carbocycles. The molecule has 0 saturated heterocycles. The lowest BCUT2D eigenvalue weighted by Crippen LogP contribution is -2.32. The molecule has 7 nitrogen and oxygen atoms in total. The number of benzene rings is 3. The third kappa shape index (κ3) is 4.67. The molecule has 2 amide bonds. The maximum Gasteiger partial charge on any atom is 0.343 e. The van der Waals surface area contributed by atoms with Gasteiger partial charge in [-0.05, 0) is 79.9 Å². The first kappa shape index (κ1) is 25.3. The highest BCUT2D eigenvalue weighted by Crippen LogP contribution is 2.37. The first-order chi connectivity index (χ1) is 17.1. The Balaban J connectivity index is 1.53. The molecule has 0 fully saturated rings. The molecule has 184 valence electrons. The number of halogens is 2. The minimum Gasteiger partial charge on any atom is -0.495 e. The minimum absolute atomic E-state index is 0.106. The molecule has 4 rings (SSSR count). The van der Waals surface area contributed by atoms with Crippen molar-refractivity contribution in [2.24, 2.45) is 0 Å². The number of carbonyl (C=O) groups is 3. The number of rotatable bonds is 6. The van der Waals surface area contributed by atoms with Gasteiger partial charge in [0.1, 0.15) is 22.2 Å². The van der Waals surface area contributed by atoms with Crippen molar-refractivity contribution in [3.8, 4) is 11.5 Å². The molecule has 1 heterocycles. The maximum absolute atomic E-state index is 13.1. The summed E-state index contributed by atoms with van der Waals surface area (Å²) in [5.41, 5.74) is 3.61.